The van der Waals surface area contributed by atoms with Crippen LogP contribution in [0, 0.1) is 6.92 Å². The molecule has 0 aliphatic heterocycles. The van der Waals surface area contributed by atoms with Crippen molar-refractivity contribution in [3.63, 3.8) is 0 Å². The summed E-state index contributed by atoms with van der Waals surface area (Å²) in [5.74, 6) is -0.237. The number of hydrogen-bond donors (Lipinski definition) is 1. The minimum atomic E-state index is -0.743. The van der Waals surface area contributed by atoms with Crippen molar-refractivity contribution in [2.24, 2.45) is 7.05 Å². The molecule has 1 N–H and O–H groups in total. The van der Waals surface area contributed by atoms with Gasteiger partial charge in [-0.05, 0) is 42.5 Å². The van der Waals surface area contributed by atoms with Gasteiger partial charge in [0.1, 0.15) is 0 Å². The minimum absolute atomic E-state index is 0.183. The molecule has 0 spiro atoms. The second-order valence-corrected chi connectivity index (χ2v) is 5.46. The van der Waals surface area contributed by atoms with Gasteiger partial charge in [-0.3, -0.25) is 4.79 Å². The summed E-state index contributed by atoms with van der Waals surface area (Å²) in [6.07, 6.45) is 0.769. The molecule has 0 amide bonds. The first-order valence-corrected chi connectivity index (χ1v) is 6.71. The Morgan fingerprint density at radius 1 is 1.37 bits per heavy atom. The minimum Gasteiger partial charge on any atom is -0.481 e. The molecule has 3 nitrogen and oxygen atoms in total. The van der Waals surface area contributed by atoms with Crippen LogP contribution in [0.15, 0.2) is 18.2 Å². The lowest BCUT2D eigenvalue weighted by Crippen LogP contribution is -2.03. The zero-order valence-corrected chi connectivity index (χ0v) is 12.0. The van der Waals surface area contributed by atoms with Crippen LogP contribution in [0.3, 0.4) is 0 Å². The van der Waals surface area contributed by atoms with Gasteiger partial charge in [0.05, 0.1) is 6.42 Å². The lowest BCUT2D eigenvalue weighted by atomic mass is 10.00. The van der Waals surface area contributed by atoms with Crippen molar-refractivity contribution in [2.45, 2.75) is 39.5 Å². The highest BCUT2D eigenvalue weighted by atomic mass is 16.4. The molecule has 0 saturated heterocycles. The molecule has 1 aromatic heterocycles. The molecule has 0 atom stereocenters. The highest BCUT2D eigenvalue weighted by Gasteiger charge is 2.13. The Morgan fingerprint density at radius 3 is 2.63 bits per heavy atom. The Balaban J connectivity index is 2.51. The molecule has 0 unspecified atom stereocenters. The van der Waals surface area contributed by atoms with E-state index < -0.39 is 5.97 Å². The van der Waals surface area contributed by atoms with Gasteiger partial charge in [0.15, 0.2) is 0 Å². The number of aromatic nitrogens is 1. The second kappa shape index (κ2) is 5.08. The maximum Gasteiger partial charge on any atom is 0.303 e. The highest BCUT2D eigenvalue weighted by Crippen LogP contribution is 2.28. The maximum atomic E-state index is 10.7. The van der Waals surface area contributed by atoms with Crippen molar-refractivity contribution in [3.05, 3.63) is 35.0 Å². The number of aryl methyl sites for hydroxylation is 2. The van der Waals surface area contributed by atoms with Crippen LogP contribution in [0.25, 0.3) is 10.9 Å². The first kappa shape index (κ1) is 13.7. The summed E-state index contributed by atoms with van der Waals surface area (Å²) in [6.45, 7) is 6.46. The zero-order valence-electron chi connectivity index (χ0n) is 12.0. The van der Waals surface area contributed by atoms with Gasteiger partial charge in [-0.25, -0.2) is 0 Å². The van der Waals surface area contributed by atoms with E-state index in [-0.39, 0.29) is 6.42 Å². The van der Waals surface area contributed by atoms with Crippen molar-refractivity contribution in [2.75, 3.05) is 0 Å². The number of aliphatic carboxylic acids is 1. The van der Waals surface area contributed by atoms with Crippen LogP contribution < -0.4 is 0 Å². The van der Waals surface area contributed by atoms with E-state index >= 15 is 0 Å². The quantitative estimate of drug-likeness (QED) is 0.911. The maximum absolute atomic E-state index is 10.7. The van der Waals surface area contributed by atoms with Crippen molar-refractivity contribution < 1.29 is 9.90 Å². The van der Waals surface area contributed by atoms with Crippen LogP contribution in [0.1, 0.15) is 43.0 Å². The largest absolute Gasteiger partial charge is 0.481 e. The molecule has 0 radical (unpaired) electrons. The van der Waals surface area contributed by atoms with Crippen LogP contribution in [0.5, 0.6) is 0 Å². The predicted octanol–water partition coefficient (Wildman–Crippen LogP) is 3.63. The molecular weight excluding hydrogens is 238 g/mol. The van der Waals surface area contributed by atoms with Gasteiger partial charge in [-0.1, -0.05) is 19.9 Å². The number of benzene rings is 1. The highest BCUT2D eigenvalue weighted by molar-refractivity contribution is 5.86. The molecule has 102 valence electrons. The number of rotatable bonds is 4. The van der Waals surface area contributed by atoms with Crippen LogP contribution in [-0.2, 0) is 18.3 Å². The fourth-order valence-electron chi connectivity index (χ4n) is 2.64. The number of carboxylic acid groups (broad SMARTS) is 1. The van der Waals surface area contributed by atoms with E-state index in [2.05, 4.69) is 43.5 Å². The Kier molecular flexibility index (Phi) is 3.65. The van der Waals surface area contributed by atoms with E-state index in [0.29, 0.717) is 12.3 Å². The van der Waals surface area contributed by atoms with Crippen molar-refractivity contribution >= 4 is 16.9 Å². The average molecular weight is 259 g/mol. The monoisotopic (exact) mass is 259 g/mol. The van der Waals surface area contributed by atoms with Crippen LogP contribution >= 0.6 is 0 Å². The summed E-state index contributed by atoms with van der Waals surface area (Å²) in [5, 5.41) is 10.1. The standard InChI is InChI=1S/C16H21NO2/c1-10(2)12-5-6-15-13(9-12)11(3)14(17(15)4)7-8-16(18)19/h5-6,9-10H,7-8H2,1-4H3,(H,18,19). The Hall–Kier alpha value is -1.77. The van der Waals surface area contributed by atoms with Crippen LogP contribution in [-0.4, -0.2) is 15.6 Å². The van der Waals surface area contributed by atoms with Crippen molar-refractivity contribution in [1.82, 2.24) is 4.57 Å². The van der Waals surface area contributed by atoms with Gasteiger partial charge < -0.3 is 9.67 Å². The van der Waals surface area contributed by atoms with E-state index in [1.807, 2.05) is 7.05 Å². The van der Waals surface area contributed by atoms with E-state index in [1.54, 1.807) is 0 Å². The first-order chi connectivity index (χ1) is 8.91. The number of carboxylic acids is 1. The molecule has 0 aliphatic rings. The Labute approximate surface area is 113 Å². The molecule has 1 heterocycles. The van der Waals surface area contributed by atoms with Crippen molar-refractivity contribution in [3.8, 4) is 0 Å². The summed E-state index contributed by atoms with van der Waals surface area (Å²) in [5.41, 5.74) is 4.84. The molecule has 1 aromatic carbocycles. The SMILES string of the molecule is Cc1c(CCC(=O)O)n(C)c2ccc(C(C)C)cc12. The van der Waals surface area contributed by atoms with Gasteiger partial charge in [0, 0.05) is 23.6 Å². The summed E-state index contributed by atoms with van der Waals surface area (Å²) in [4.78, 5) is 10.7. The summed E-state index contributed by atoms with van der Waals surface area (Å²) in [6, 6.07) is 6.54. The van der Waals surface area contributed by atoms with E-state index in [0.717, 1.165) is 5.69 Å². The van der Waals surface area contributed by atoms with Gasteiger partial charge >= 0.3 is 5.97 Å². The molecule has 2 rings (SSSR count). The second-order valence-electron chi connectivity index (χ2n) is 5.46. The Morgan fingerprint density at radius 2 is 2.05 bits per heavy atom. The third kappa shape index (κ3) is 2.50. The average Bonchev–Trinajstić information content (AvgIpc) is 2.59. The molecular formula is C16H21NO2. The third-order valence-electron chi connectivity index (χ3n) is 3.87. The number of nitrogens with zero attached hydrogens (tertiary/aromatic N) is 1. The van der Waals surface area contributed by atoms with E-state index in [1.165, 1.54) is 22.0 Å². The lowest BCUT2D eigenvalue weighted by Gasteiger charge is -2.06. The first-order valence-electron chi connectivity index (χ1n) is 6.71. The number of hydrogen-bond acceptors (Lipinski definition) is 1. The summed E-state index contributed by atoms with van der Waals surface area (Å²) < 4.78 is 2.12. The normalized spacial score (nSPS) is 11.4. The number of carbonyl (C=O) groups is 1. The van der Waals surface area contributed by atoms with Crippen LogP contribution in [0.4, 0.5) is 0 Å². The van der Waals surface area contributed by atoms with Crippen molar-refractivity contribution in [1.29, 1.82) is 0 Å². The van der Waals surface area contributed by atoms with E-state index in [4.69, 9.17) is 5.11 Å². The van der Waals surface area contributed by atoms with Gasteiger partial charge in [0.2, 0.25) is 0 Å². The molecule has 3 heteroatoms. The zero-order chi connectivity index (χ0) is 14.2. The summed E-state index contributed by atoms with van der Waals surface area (Å²) in [7, 11) is 2.02. The van der Waals surface area contributed by atoms with E-state index in [9.17, 15) is 4.79 Å². The number of fused-ring (bicyclic) bond motifs is 1. The fourth-order valence-corrected chi connectivity index (χ4v) is 2.64. The molecule has 0 fully saturated rings. The summed E-state index contributed by atoms with van der Waals surface area (Å²) >= 11 is 0. The Bertz CT molecular complexity index is 623. The topological polar surface area (TPSA) is 42.2 Å². The van der Waals surface area contributed by atoms with Crippen LogP contribution in [0.2, 0.25) is 0 Å². The molecule has 2 aromatic rings. The molecule has 0 bridgehead atoms. The fraction of sp³-hybridized carbons (Fsp3) is 0.438. The third-order valence-corrected chi connectivity index (χ3v) is 3.87. The molecule has 0 saturated carbocycles. The van der Waals surface area contributed by atoms with Gasteiger partial charge in [-0.15, -0.1) is 0 Å². The predicted molar refractivity (Wildman–Crippen MR) is 77.7 cm³/mol. The van der Waals surface area contributed by atoms with Gasteiger partial charge in [0.25, 0.3) is 0 Å². The molecule has 19 heavy (non-hydrogen) atoms. The lowest BCUT2D eigenvalue weighted by molar-refractivity contribution is -0.136. The smallest absolute Gasteiger partial charge is 0.303 e. The molecule has 0 aliphatic carbocycles. The van der Waals surface area contributed by atoms with Gasteiger partial charge in [-0.2, -0.15) is 0 Å².